The molecule has 0 unspecified atom stereocenters. The molecule has 0 aromatic heterocycles. The number of carbonyl (C=O) groups is 2. The molecule has 0 spiro atoms. The van der Waals surface area contributed by atoms with Crippen LogP contribution in [0.1, 0.15) is 73.7 Å². The van der Waals surface area contributed by atoms with Gasteiger partial charge >= 0.3 is 0 Å². The Morgan fingerprint density at radius 2 is 1.68 bits per heavy atom. The van der Waals surface area contributed by atoms with Gasteiger partial charge in [0.1, 0.15) is 5.78 Å². The summed E-state index contributed by atoms with van der Waals surface area (Å²) in [6.07, 6.45) is 6.99. The predicted octanol–water partition coefficient (Wildman–Crippen LogP) is 4.29. The Morgan fingerprint density at radius 1 is 1.05 bits per heavy atom. The Bertz CT molecular complexity index is 439. The largest absolute Gasteiger partial charge is 0.299 e. The fraction of sp³-hybridized carbons (Fsp3) is 0.529. The first-order chi connectivity index (χ1) is 9.20. The number of hydrogen-bond donors (Lipinski definition) is 0. The Labute approximate surface area is 115 Å². The number of Topliss-reactive ketones (excluding diaryl/α,β-unsaturated/α-hetero) is 2. The lowest BCUT2D eigenvalue weighted by Crippen LogP contribution is -2.08. The lowest BCUT2D eigenvalue weighted by Gasteiger charge is -2.22. The first kappa shape index (κ1) is 14.0. The standard InChI is InChI=1S/C17H22O2/c1-2-16(18)12-17(19)15-10-8-14(9-11-15)13-6-4-3-5-7-13/h8-11,13H,2-7,12H2,1H3. The van der Waals surface area contributed by atoms with Crippen LogP contribution in [0.2, 0.25) is 0 Å². The maximum Gasteiger partial charge on any atom is 0.170 e. The van der Waals surface area contributed by atoms with Crippen LogP contribution in [0, 0.1) is 0 Å². The summed E-state index contributed by atoms with van der Waals surface area (Å²) in [5, 5.41) is 0. The highest BCUT2D eigenvalue weighted by Crippen LogP contribution is 2.32. The smallest absolute Gasteiger partial charge is 0.170 e. The van der Waals surface area contributed by atoms with E-state index in [1.807, 2.05) is 12.1 Å². The molecule has 0 N–H and O–H groups in total. The number of carbonyl (C=O) groups excluding carboxylic acids is 2. The molecule has 1 saturated carbocycles. The van der Waals surface area contributed by atoms with Crippen molar-refractivity contribution in [1.29, 1.82) is 0 Å². The van der Waals surface area contributed by atoms with Gasteiger partial charge in [0.2, 0.25) is 0 Å². The van der Waals surface area contributed by atoms with Crippen LogP contribution in [0.4, 0.5) is 0 Å². The fourth-order valence-electron chi connectivity index (χ4n) is 2.78. The van der Waals surface area contributed by atoms with E-state index >= 15 is 0 Å². The van der Waals surface area contributed by atoms with Gasteiger partial charge in [0.25, 0.3) is 0 Å². The van der Waals surface area contributed by atoms with Gasteiger partial charge in [-0.05, 0) is 24.3 Å². The molecule has 1 aromatic carbocycles. The highest BCUT2D eigenvalue weighted by Gasteiger charge is 2.16. The quantitative estimate of drug-likeness (QED) is 0.583. The van der Waals surface area contributed by atoms with E-state index in [4.69, 9.17) is 0 Å². The van der Waals surface area contributed by atoms with Gasteiger partial charge in [-0.2, -0.15) is 0 Å². The van der Waals surface area contributed by atoms with Gasteiger partial charge in [-0.3, -0.25) is 9.59 Å². The maximum atomic E-state index is 11.9. The van der Waals surface area contributed by atoms with Crippen molar-refractivity contribution in [1.82, 2.24) is 0 Å². The molecule has 102 valence electrons. The SMILES string of the molecule is CCC(=O)CC(=O)c1ccc(C2CCCCC2)cc1. The Kier molecular flexibility index (Phi) is 4.89. The van der Waals surface area contributed by atoms with Crippen LogP contribution in [-0.2, 0) is 4.79 Å². The van der Waals surface area contributed by atoms with Crippen molar-refractivity contribution >= 4 is 11.6 Å². The minimum Gasteiger partial charge on any atom is -0.299 e. The van der Waals surface area contributed by atoms with Gasteiger partial charge in [0, 0.05) is 12.0 Å². The zero-order chi connectivity index (χ0) is 13.7. The molecule has 0 saturated heterocycles. The average Bonchev–Trinajstić information content (AvgIpc) is 2.48. The third-order valence-electron chi connectivity index (χ3n) is 4.06. The van der Waals surface area contributed by atoms with Crippen molar-refractivity contribution in [3.8, 4) is 0 Å². The van der Waals surface area contributed by atoms with Crippen molar-refractivity contribution in [2.75, 3.05) is 0 Å². The van der Waals surface area contributed by atoms with E-state index in [2.05, 4.69) is 12.1 Å². The highest BCUT2D eigenvalue weighted by molar-refractivity contribution is 6.07. The van der Waals surface area contributed by atoms with E-state index in [0.29, 0.717) is 17.9 Å². The van der Waals surface area contributed by atoms with Crippen molar-refractivity contribution in [3.63, 3.8) is 0 Å². The van der Waals surface area contributed by atoms with E-state index in [1.54, 1.807) is 6.92 Å². The topological polar surface area (TPSA) is 34.1 Å². The van der Waals surface area contributed by atoms with Crippen molar-refractivity contribution in [2.24, 2.45) is 0 Å². The van der Waals surface area contributed by atoms with Crippen LogP contribution in [0.3, 0.4) is 0 Å². The molecule has 19 heavy (non-hydrogen) atoms. The molecule has 0 radical (unpaired) electrons. The molecule has 2 nitrogen and oxygen atoms in total. The molecular formula is C17H22O2. The second-order valence-corrected chi connectivity index (χ2v) is 5.45. The molecular weight excluding hydrogens is 236 g/mol. The third kappa shape index (κ3) is 3.76. The normalized spacial score (nSPS) is 16.3. The monoisotopic (exact) mass is 258 g/mol. The fourth-order valence-corrected chi connectivity index (χ4v) is 2.78. The minimum absolute atomic E-state index is 0.0151. The predicted molar refractivity (Wildman–Crippen MR) is 76.5 cm³/mol. The number of rotatable bonds is 5. The zero-order valence-corrected chi connectivity index (χ0v) is 11.7. The first-order valence-corrected chi connectivity index (χ1v) is 7.35. The second-order valence-electron chi connectivity index (χ2n) is 5.45. The van der Waals surface area contributed by atoms with E-state index in [0.717, 1.165) is 0 Å². The zero-order valence-electron chi connectivity index (χ0n) is 11.7. The summed E-state index contributed by atoms with van der Waals surface area (Å²) < 4.78 is 0. The molecule has 1 aromatic rings. The van der Waals surface area contributed by atoms with Gasteiger partial charge < -0.3 is 0 Å². The summed E-state index contributed by atoms with van der Waals surface area (Å²) in [7, 11) is 0. The summed E-state index contributed by atoms with van der Waals surface area (Å²) >= 11 is 0. The summed E-state index contributed by atoms with van der Waals surface area (Å²) in [6.45, 7) is 1.79. The Morgan fingerprint density at radius 3 is 2.26 bits per heavy atom. The third-order valence-corrected chi connectivity index (χ3v) is 4.06. The molecule has 0 amide bonds. The van der Waals surface area contributed by atoms with Gasteiger partial charge in [0.05, 0.1) is 6.42 Å². The summed E-state index contributed by atoms with van der Waals surface area (Å²) in [4.78, 5) is 23.2. The molecule has 0 aliphatic heterocycles. The number of ketones is 2. The lowest BCUT2D eigenvalue weighted by molar-refractivity contribution is -0.117. The molecule has 2 rings (SSSR count). The van der Waals surface area contributed by atoms with Gasteiger partial charge in [0.15, 0.2) is 5.78 Å². The van der Waals surface area contributed by atoms with Crippen LogP contribution < -0.4 is 0 Å². The number of hydrogen-bond acceptors (Lipinski definition) is 2. The van der Waals surface area contributed by atoms with Crippen LogP contribution in [0.5, 0.6) is 0 Å². The maximum absolute atomic E-state index is 11.9. The van der Waals surface area contributed by atoms with Gasteiger partial charge in [-0.25, -0.2) is 0 Å². The first-order valence-electron chi connectivity index (χ1n) is 7.35. The summed E-state index contributed by atoms with van der Waals surface area (Å²) in [6, 6.07) is 7.91. The van der Waals surface area contributed by atoms with E-state index in [1.165, 1.54) is 37.7 Å². The second kappa shape index (κ2) is 6.65. The van der Waals surface area contributed by atoms with Crippen molar-refractivity contribution in [2.45, 2.75) is 57.8 Å². The van der Waals surface area contributed by atoms with Crippen molar-refractivity contribution < 1.29 is 9.59 Å². The van der Waals surface area contributed by atoms with Crippen LogP contribution in [0.15, 0.2) is 24.3 Å². The minimum atomic E-state index is -0.0537. The highest BCUT2D eigenvalue weighted by atomic mass is 16.1. The molecule has 1 fully saturated rings. The lowest BCUT2D eigenvalue weighted by atomic mass is 9.84. The van der Waals surface area contributed by atoms with Crippen LogP contribution in [0.25, 0.3) is 0 Å². The summed E-state index contributed by atoms with van der Waals surface area (Å²) in [5.41, 5.74) is 2.01. The van der Waals surface area contributed by atoms with Crippen molar-refractivity contribution in [3.05, 3.63) is 35.4 Å². The van der Waals surface area contributed by atoms with E-state index in [9.17, 15) is 9.59 Å². The number of benzene rings is 1. The van der Waals surface area contributed by atoms with E-state index in [-0.39, 0.29) is 18.0 Å². The average molecular weight is 258 g/mol. The Balaban J connectivity index is 2.01. The van der Waals surface area contributed by atoms with Crippen LogP contribution >= 0.6 is 0 Å². The summed E-state index contributed by atoms with van der Waals surface area (Å²) in [5.74, 6) is 0.624. The molecule has 0 bridgehead atoms. The molecule has 0 atom stereocenters. The molecule has 0 heterocycles. The van der Waals surface area contributed by atoms with E-state index < -0.39 is 0 Å². The molecule has 1 aliphatic rings. The Hall–Kier alpha value is -1.44. The van der Waals surface area contributed by atoms with Gasteiger partial charge in [-0.1, -0.05) is 50.5 Å². The molecule has 2 heteroatoms. The van der Waals surface area contributed by atoms with Gasteiger partial charge in [-0.15, -0.1) is 0 Å². The van der Waals surface area contributed by atoms with Crippen LogP contribution in [-0.4, -0.2) is 11.6 Å². The molecule has 1 aliphatic carbocycles.